The molecular formula is C14H25N. The Morgan fingerprint density at radius 2 is 1.53 bits per heavy atom. The predicted molar refractivity (Wildman–Crippen MR) is 63.9 cm³/mol. The number of hydrogen-bond donors (Lipinski definition) is 1. The molecule has 0 aromatic heterocycles. The average molecular weight is 207 g/mol. The Balaban J connectivity index is 1.51. The summed E-state index contributed by atoms with van der Waals surface area (Å²) in [6.07, 6.45) is 14.9. The lowest BCUT2D eigenvalue weighted by molar-refractivity contribution is 0.303. The topological polar surface area (TPSA) is 12.0 Å². The molecule has 0 amide bonds. The zero-order valence-electron chi connectivity index (χ0n) is 9.88. The highest BCUT2D eigenvalue weighted by atomic mass is 15.0. The molecule has 0 radical (unpaired) electrons. The predicted octanol–water partition coefficient (Wildman–Crippen LogP) is 3.49. The largest absolute Gasteiger partial charge is 0.311 e. The van der Waals surface area contributed by atoms with Crippen LogP contribution in [0.15, 0.2) is 0 Å². The summed E-state index contributed by atoms with van der Waals surface area (Å²) < 4.78 is 0. The Morgan fingerprint density at radius 3 is 2.13 bits per heavy atom. The first-order chi connectivity index (χ1) is 7.42. The second kappa shape index (κ2) is 4.45. The van der Waals surface area contributed by atoms with Crippen LogP contribution in [-0.2, 0) is 0 Å². The number of nitrogens with one attached hydrogen (secondary N) is 1. The molecule has 1 nitrogen and oxygen atoms in total. The number of rotatable bonds is 2. The average Bonchev–Trinajstić information content (AvgIpc) is 2.75. The first kappa shape index (κ1) is 10.1. The summed E-state index contributed by atoms with van der Waals surface area (Å²) in [5.74, 6) is 2.15. The van der Waals surface area contributed by atoms with E-state index < -0.39 is 0 Å². The van der Waals surface area contributed by atoms with Crippen LogP contribution in [0.3, 0.4) is 0 Å². The van der Waals surface area contributed by atoms with E-state index in [1.54, 1.807) is 6.42 Å². The van der Waals surface area contributed by atoms with Crippen LogP contribution in [0.2, 0.25) is 0 Å². The molecule has 86 valence electrons. The van der Waals surface area contributed by atoms with Crippen LogP contribution in [0.4, 0.5) is 0 Å². The maximum Gasteiger partial charge on any atom is 0.0101 e. The van der Waals surface area contributed by atoms with Crippen LogP contribution in [-0.4, -0.2) is 12.1 Å². The van der Waals surface area contributed by atoms with E-state index in [-0.39, 0.29) is 0 Å². The monoisotopic (exact) mass is 207 g/mol. The van der Waals surface area contributed by atoms with Crippen LogP contribution in [0, 0.1) is 11.8 Å². The smallest absolute Gasteiger partial charge is 0.0101 e. The molecular weight excluding hydrogens is 182 g/mol. The molecule has 2 bridgehead atoms. The molecule has 3 aliphatic carbocycles. The van der Waals surface area contributed by atoms with Gasteiger partial charge < -0.3 is 5.32 Å². The molecule has 1 N–H and O–H groups in total. The maximum absolute atomic E-state index is 3.99. The van der Waals surface area contributed by atoms with Crippen molar-refractivity contribution in [2.24, 2.45) is 11.8 Å². The molecule has 0 aliphatic heterocycles. The highest BCUT2D eigenvalue weighted by Crippen LogP contribution is 2.44. The Labute approximate surface area is 94.0 Å². The van der Waals surface area contributed by atoms with Crippen LogP contribution in [0.1, 0.15) is 64.2 Å². The molecule has 0 heterocycles. The van der Waals surface area contributed by atoms with Gasteiger partial charge in [0.25, 0.3) is 0 Å². The summed E-state index contributed by atoms with van der Waals surface area (Å²) >= 11 is 0. The van der Waals surface area contributed by atoms with Gasteiger partial charge in [0.2, 0.25) is 0 Å². The highest BCUT2D eigenvalue weighted by Gasteiger charge is 2.39. The van der Waals surface area contributed by atoms with Crippen molar-refractivity contribution in [3.63, 3.8) is 0 Å². The van der Waals surface area contributed by atoms with Gasteiger partial charge in [0.15, 0.2) is 0 Å². The first-order valence-electron chi connectivity index (χ1n) is 7.18. The first-order valence-corrected chi connectivity index (χ1v) is 7.18. The van der Waals surface area contributed by atoms with Gasteiger partial charge in [0, 0.05) is 12.1 Å². The molecule has 0 unspecified atom stereocenters. The Kier molecular flexibility index (Phi) is 3.01. The van der Waals surface area contributed by atoms with Gasteiger partial charge in [-0.05, 0) is 43.9 Å². The van der Waals surface area contributed by atoms with Crippen LogP contribution >= 0.6 is 0 Å². The van der Waals surface area contributed by atoms with Crippen molar-refractivity contribution < 1.29 is 0 Å². The normalized spacial score (nSPS) is 42.0. The van der Waals surface area contributed by atoms with Crippen molar-refractivity contribution in [2.75, 3.05) is 0 Å². The van der Waals surface area contributed by atoms with Crippen LogP contribution in [0.25, 0.3) is 0 Å². The molecule has 1 heteroatoms. The Hall–Kier alpha value is -0.0400. The third-order valence-electron chi connectivity index (χ3n) is 5.04. The standard InChI is InChI=1S/C14H25N/c1-2-4-6-13(5-3-1)15-14-10-11-7-8-12(14)9-11/h11-15H,1-10H2/t11-,12-,14-/m1/s1. The van der Waals surface area contributed by atoms with E-state index in [2.05, 4.69) is 5.32 Å². The van der Waals surface area contributed by atoms with Crippen molar-refractivity contribution in [3.8, 4) is 0 Å². The Bertz CT molecular complexity index is 205. The maximum atomic E-state index is 3.99. The van der Waals surface area contributed by atoms with Gasteiger partial charge in [-0.2, -0.15) is 0 Å². The summed E-state index contributed by atoms with van der Waals surface area (Å²) in [6, 6.07) is 1.78. The van der Waals surface area contributed by atoms with Gasteiger partial charge in [0.1, 0.15) is 0 Å². The van der Waals surface area contributed by atoms with E-state index in [9.17, 15) is 0 Å². The van der Waals surface area contributed by atoms with E-state index in [1.807, 2.05) is 0 Å². The summed E-state index contributed by atoms with van der Waals surface area (Å²) in [5.41, 5.74) is 0. The van der Waals surface area contributed by atoms with Crippen molar-refractivity contribution in [1.82, 2.24) is 5.32 Å². The molecule has 3 saturated carbocycles. The lowest BCUT2D eigenvalue weighted by atomic mass is 9.94. The molecule has 15 heavy (non-hydrogen) atoms. The molecule has 0 saturated heterocycles. The summed E-state index contributed by atoms with van der Waals surface area (Å²) in [5, 5.41) is 3.99. The van der Waals surface area contributed by atoms with E-state index in [1.165, 1.54) is 57.8 Å². The highest BCUT2D eigenvalue weighted by molar-refractivity contribution is 4.95. The van der Waals surface area contributed by atoms with Gasteiger partial charge >= 0.3 is 0 Å². The van der Waals surface area contributed by atoms with Gasteiger partial charge in [-0.25, -0.2) is 0 Å². The summed E-state index contributed by atoms with van der Waals surface area (Å²) in [4.78, 5) is 0. The zero-order valence-corrected chi connectivity index (χ0v) is 9.88. The van der Waals surface area contributed by atoms with Gasteiger partial charge in [-0.1, -0.05) is 32.1 Å². The second-order valence-electron chi connectivity index (χ2n) is 6.14. The SMILES string of the molecule is C1CCCC(N[C@@H]2C[C@@H]3CC[C@@H]2C3)CC1. The molecule has 3 rings (SSSR count). The molecule has 3 atom stereocenters. The number of hydrogen-bond acceptors (Lipinski definition) is 1. The van der Waals surface area contributed by atoms with Crippen molar-refractivity contribution >= 4 is 0 Å². The number of fused-ring (bicyclic) bond motifs is 2. The van der Waals surface area contributed by atoms with Crippen molar-refractivity contribution in [3.05, 3.63) is 0 Å². The third-order valence-corrected chi connectivity index (χ3v) is 5.04. The fourth-order valence-electron chi connectivity index (χ4n) is 4.20. The van der Waals surface area contributed by atoms with Crippen LogP contribution in [0.5, 0.6) is 0 Å². The molecule has 0 aromatic carbocycles. The van der Waals surface area contributed by atoms with Crippen molar-refractivity contribution in [2.45, 2.75) is 76.3 Å². The van der Waals surface area contributed by atoms with E-state index in [4.69, 9.17) is 0 Å². The summed E-state index contributed by atoms with van der Waals surface area (Å²) in [7, 11) is 0. The van der Waals surface area contributed by atoms with Crippen LogP contribution < -0.4 is 5.32 Å². The fraction of sp³-hybridized carbons (Fsp3) is 1.00. The molecule has 3 aliphatic rings. The van der Waals surface area contributed by atoms with Gasteiger partial charge in [0.05, 0.1) is 0 Å². The van der Waals surface area contributed by atoms with Crippen molar-refractivity contribution in [1.29, 1.82) is 0 Å². The third kappa shape index (κ3) is 2.22. The molecule has 0 spiro atoms. The van der Waals surface area contributed by atoms with E-state index >= 15 is 0 Å². The minimum atomic E-state index is 0.872. The molecule has 3 fully saturated rings. The fourth-order valence-corrected chi connectivity index (χ4v) is 4.20. The Morgan fingerprint density at radius 1 is 0.733 bits per heavy atom. The second-order valence-corrected chi connectivity index (χ2v) is 6.14. The van der Waals surface area contributed by atoms with Gasteiger partial charge in [-0.3, -0.25) is 0 Å². The van der Waals surface area contributed by atoms with E-state index in [0.29, 0.717) is 0 Å². The quantitative estimate of drug-likeness (QED) is 0.684. The summed E-state index contributed by atoms with van der Waals surface area (Å²) in [6.45, 7) is 0. The van der Waals surface area contributed by atoms with Gasteiger partial charge in [-0.15, -0.1) is 0 Å². The molecule has 0 aromatic rings. The lowest BCUT2D eigenvalue weighted by Crippen LogP contribution is -2.41. The van der Waals surface area contributed by atoms with E-state index in [0.717, 1.165) is 23.9 Å². The lowest BCUT2D eigenvalue weighted by Gasteiger charge is -2.28. The zero-order chi connectivity index (χ0) is 10.1. The minimum absolute atomic E-state index is 0.872. The minimum Gasteiger partial charge on any atom is -0.311 e.